The fourth-order valence-corrected chi connectivity index (χ4v) is 1.34. The Kier molecular flexibility index (Phi) is 2.83. The first-order valence-electron chi connectivity index (χ1n) is 4.57. The number of carbonyl (C=O) groups is 1. The molecule has 2 rings (SSSR count). The molecule has 4 nitrogen and oxygen atoms in total. The van der Waals surface area contributed by atoms with Crippen molar-refractivity contribution in [2.24, 2.45) is 0 Å². The van der Waals surface area contributed by atoms with Gasteiger partial charge in [0.1, 0.15) is 0 Å². The van der Waals surface area contributed by atoms with Crippen molar-refractivity contribution >= 4 is 28.9 Å². The van der Waals surface area contributed by atoms with Gasteiger partial charge in [-0.15, -0.1) is 0 Å². The van der Waals surface area contributed by atoms with E-state index < -0.39 is 0 Å². The van der Waals surface area contributed by atoms with Crippen LogP contribution in [0, 0.1) is 0 Å². The summed E-state index contributed by atoms with van der Waals surface area (Å²) in [6.07, 6.45) is 0. The highest BCUT2D eigenvalue weighted by atomic mass is 35.5. The van der Waals surface area contributed by atoms with Crippen LogP contribution in [0.5, 0.6) is 0 Å². The lowest BCUT2D eigenvalue weighted by Crippen LogP contribution is -2.10. The van der Waals surface area contributed by atoms with Crippen molar-refractivity contribution in [1.29, 1.82) is 0 Å². The molecular weight excluding hydrogens is 228 g/mol. The van der Waals surface area contributed by atoms with Crippen LogP contribution in [-0.4, -0.2) is 5.91 Å². The van der Waals surface area contributed by atoms with Gasteiger partial charge in [0, 0.05) is 11.4 Å². The van der Waals surface area contributed by atoms with E-state index in [0.717, 1.165) is 0 Å². The number of amides is 1. The number of anilines is 2. The van der Waals surface area contributed by atoms with Crippen LogP contribution in [0.3, 0.4) is 0 Å². The van der Waals surface area contributed by atoms with Crippen LogP contribution >= 0.6 is 11.6 Å². The smallest absolute Gasteiger partial charge is 0.291 e. The van der Waals surface area contributed by atoms with Crippen molar-refractivity contribution in [1.82, 2.24) is 0 Å². The van der Waals surface area contributed by atoms with E-state index in [-0.39, 0.29) is 16.9 Å². The molecule has 16 heavy (non-hydrogen) atoms. The van der Waals surface area contributed by atoms with E-state index in [1.54, 1.807) is 24.3 Å². The van der Waals surface area contributed by atoms with Gasteiger partial charge in [-0.05, 0) is 48.0 Å². The van der Waals surface area contributed by atoms with E-state index in [1.165, 1.54) is 12.1 Å². The van der Waals surface area contributed by atoms with E-state index in [0.29, 0.717) is 11.4 Å². The normalized spacial score (nSPS) is 10.1. The van der Waals surface area contributed by atoms with Gasteiger partial charge < -0.3 is 15.5 Å². The van der Waals surface area contributed by atoms with E-state index in [2.05, 4.69) is 5.32 Å². The Labute approximate surface area is 97.0 Å². The van der Waals surface area contributed by atoms with Crippen molar-refractivity contribution in [3.63, 3.8) is 0 Å². The molecule has 0 saturated heterocycles. The number of rotatable bonds is 2. The molecule has 82 valence electrons. The van der Waals surface area contributed by atoms with Gasteiger partial charge in [-0.25, -0.2) is 0 Å². The van der Waals surface area contributed by atoms with Crippen molar-refractivity contribution in [2.45, 2.75) is 0 Å². The predicted octanol–water partition coefficient (Wildman–Crippen LogP) is 2.77. The first-order chi connectivity index (χ1) is 7.65. The van der Waals surface area contributed by atoms with E-state index in [9.17, 15) is 4.79 Å². The van der Waals surface area contributed by atoms with Gasteiger partial charge in [-0.1, -0.05) is 0 Å². The number of benzene rings is 1. The Balaban J connectivity index is 2.10. The van der Waals surface area contributed by atoms with Crippen molar-refractivity contribution in [3.05, 3.63) is 47.4 Å². The van der Waals surface area contributed by atoms with Gasteiger partial charge in [0.05, 0.1) is 0 Å². The molecule has 0 aliphatic carbocycles. The summed E-state index contributed by atoms with van der Waals surface area (Å²) in [4.78, 5) is 11.6. The van der Waals surface area contributed by atoms with Crippen molar-refractivity contribution < 1.29 is 9.21 Å². The molecule has 3 N–H and O–H groups in total. The molecule has 1 aromatic carbocycles. The molecule has 1 aromatic heterocycles. The van der Waals surface area contributed by atoms with Crippen LogP contribution in [0.15, 0.2) is 40.8 Å². The van der Waals surface area contributed by atoms with Crippen LogP contribution < -0.4 is 11.1 Å². The van der Waals surface area contributed by atoms with E-state index in [4.69, 9.17) is 21.8 Å². The highest BCUT2D eigenvalue weighted by molar-refractivity contribution is 6.29. The topological polar surface area (TPSA) is 68.3 Å². The highest BCUT2D eigenvalue weighted by Crippen LogP contribution is 2.16. The number of hydrogen-bond donors (Lipinski definition) is 2. The molecule has 0 radical (unpaired) electrons. The molecule has 0 aliphatic rings. The number of nitrogen functional groups attached to an aromatic ring is 1. The second-order valence-electron chi connectivity index (χ2n) is 3.18. The molecular formula is C11H9ClN2O2. The summed E-state index contributed by atoms with van der Waals surface area (Å²) < 4.78 is 4.97. The molecule has 1 heterocycles. The zero-order chi connectivity index (χ0) is 11.5. The summed E-state index contributed by atoms with van der Waals surface area (Å²) in [7, 11) is 0. The van der Waals surface area contributed by atoms with Crippen LogP contribution in [0.1, 0.15) is 10.6 Å². The molecule has 1 amide bonds. The maximum Gasteiger partial charge on any atom is 0.291 e. The fraction of sp³-hybridized carbons (Fsp3) is 0. The fourth-order valence-electron chi connectivity index (χ4n) is 1.20. The summed E-state index contributed by atoms with van der Waals surface area (Å²) in [5.41, 5.74) is 6.81. The molecule has 0 atom stereocenters. The van der Waals surface area contributed by atoms with Crippen LogP contribution in [-0.2, 0) is 0 Å². The molecule has 2 aromatic rings. The summed E-state index contributed by atoms with van der Waals surface area (Å²) in [6, 6.07) is 9.83. The number of furan rings is 1. The zero-order valence-electron chi connectivity index (χ0n) is 8.24. The average Bonchev–Trinajstić information content (AvgIpc) is 2.68. The molecule has 0 saturated carbocycles. The van der Waals surface area contributed by atoms with E-state index in [1.807, 2.05) is 0 Å². The Morgan fingerprint density at radius 3 is 2.44 bits per heavy atom. The highest BCUT2D eigenvalue weighted by Gasteiger charge is 2.10. The maximum absolute atomic E-state index is 11.6. The van der Waals surface area contributed by atoms with Crippen molar-refractivity contribution in [2.75, 3.05) is 11.1 Å². The van der Waals surface area contributed by atoms with Gasteiger partial charge in [0.15, 0.2) is 11.0 Å². The average molecular weight is 237 g/mol. The number of carbonyl (C=O) groups excluding carboxylic acids is 1. The standard InChI is InChI=1S/C11H9ClN2O2/c12-10-6-5-9(16-10)11(15)14-8-3-1-7(13)2-4-8/h1-6H,13H2,(H,14,15). The third-order valence-electron chi connectivity index (χ3n) is 1.97. The van der Waals surface area contributed by atoms with Crippen LogP contribution in [0.2, 0.25) is 5.22 Å². The van der Waals surface area contributed by atoms with Crippen LogP contribution in [0.25, 0.3) is 0 Å². The minimum atomic E-state index is -0.350. The van der Waals surface area contributed by atoms with Gasteiger partial charge in [0.25, 0.3) is 5.91 Å². The van der Waals surface area contributed by atoms with Gasteiger partial charge in [-0.3, -0.25) is 4.79 Å². The lowest BCUT2D eigenvalue weighted by Gasteiger charge is -2.02. The number of nitrogens with two attached hydrogens (primary N) is 1. The summed E-state index contributed by atoms with van der Waals surface area (Å²) in [5, 5.41) is 2.83. The van der Waals surface area contributed by atoms with Gasteiger partial charge >= 0.3 is 0 Å². The summed E-state index contributed by atoms with van der Waals surface area (Å²) in [6.45, 7) is 0. The maximum atomic E-state index is 11.6. The number of halogens is 1. The minimum absolute atomic E-state index is 0.168. The Morgan fingerprint density at radius 1 is 1.19 bits per heavy atom. The minimum Gasteiger partial charge on any atom is -0.440 e. The van der Waals surface area contributed by atoms with E-state index >= 15 is 0 Å². The third kappa shape index (κ3) is 2.35. The van der Waals surface area contributed by atoms with Crippen molar-refractivity contribution in [3.8, 4) is 0 Å². The van der Waals surface area contributed by atoms with Gasteiger partial charge in [-0.2, -0.15) is 0 Å². The SMILES string of the molecule is Nc1ccc(NC(=O)c2ccc(Cl)o2)cc1. The second kappa shape index (κ2) is 4.28. The lowest BCUT2D eigenvalue weighted by molar-refractivity contribution is 0.0997. The molecule has 5 heteroatoms. The Hall–Kier alpha value is -1.94. The lowest BCUT2D eigenvalue weighted by atomic mass is 10.3. The largest absolute Gasteiger partial charge is 0.440 e. The zero-order valence-corrected chi connectivity index (χ0v) is 8.99. The predicted molar refractivity (Wildman–Crippen MR) is 62.5 cm³/mol. The van der Waals surface area contributed by atoms with Gasteiger partial charge in [0.2, 0.25) is 0 Å². The molecule has 0 aliphatic heterocycles. The van der Waals surface area contributed by atoms with Crippen LogP contribution in [0.4, 0.5) is 11.4 Å². The Bertz CT molecular complexity index is 505. The second-order valence-corrected chi connectivity index (χ2v) is 3.55. The first kappa shape index (κ1) is 10.6. The third-order valence-corrected chi connectivity index (χ3v) is 2.17. The monoisotopic (exact) mass is 236 g/mol. The molecule has 0 spiro atoms. The summed E-state index contributed by atoms with van der Waals surface area (Å²) >= 11 is 5.57. The molecule has 0 unspecified atom stereocenters. The number of nitrogens with one attached hydrogen (secondary N) is 1. The number of hydrogen-bond acceptors (Lipinski definition) is 3. The molecule has 0 fully saturated rings. The Morgan fingerprint density at radius 2 is 1.88 bits per heavy atom. The first-order valence-corrected chi connectivity index (χ1v) is 4.95. The summed E-state index contributed by atoms with van der Waals surface area (Å²) in [5.74, 6) is -0.182. The molecule has 0 bridgehead atoms. The quantitative estimate of drug-likeness (QED) is 0.788.